The van der Waals surface area contributed by atoms with Gasteiger partial charge < -0.3 is 10.2 Å². The average Bonchev–Trinajstić information content (AvgIpc) is 2.39. The Balaban J connectivity index is 3.12. The molecule has 0 unspecified atom stereocenters. The van der Waals surface area contributed by atoms with Crippen LogP contribution in [0.4, 0.5) is 0 Å². The summed E-state index contributed by atoms with van der Waals surface area (Å²) in [6.45, 7) is 0.329. The number of hydrogen-bond donors (Lipinski definition) is 2. The normalized spacial score (nSPS) is 11.6. The third kappa shape index (κ3) is 16.9. The Morgan fingerprint density at radius 2 is 1.32 bits per heavy atom. The number of aliphatic hydroxyl groups excluding tert-OH is 1. The maximum absolute atomic E-state index is 10.2. The van der Waals surface area contributed by atoms with E-state index in [-0.39, 0.29) is 0 Å². The summed E-state index contributed by atoms with van der Waals surface area (Å²) in [6.07, 6.45) is 18.5. The van der Waals surface area contributed by atoms with E-state index in [1.807, 2.05) is 6.08 Å². The van der Waals surface area contributed by atoms with Crippen LogP contribution in [0.5, 0.6) is 0 Å². The molecule has 0 radical (unpaired) electrons. The number of aliphatic carboxylic acids is 1. The quantitative estimate of drug-likeness (QED) is 0.301. The zero-order valence-corrected chi connectivity index (χ0v) is 11.9. The molecule has 0 aliphatic carbocycles. The first-order valence-corrected chi connectivity index (χ1v) is 7.44. The number of aliphatic hydroxyl groups is 1. The zero-order chi connectivity index (χ0) is 14.2. The summed E-state index contributed by atoms with van der Waals surface area (Å²) < 4.78 is 0. The van der Waals surface area contributed by atoms with E-state index in [4.69, 9.17) is 10.2 Å². The molecule has 0 fully saturated rings. The van der Waals surface area contributed by atoms with E-state index in [1.54, 1.807) is 12.2 Å². The van der Waals surface area contributed by atoms with Crippen LogP contribution in [0.25, 0.3) is 0 Å². The van der Waals surface area contributed by atoms with Gasteiger partial charge >= 0.3 is 5.97 Å². The Labute approximate surface area is 117 Å². The van der Waals surface area contributed by atoms with Crippen LogP contribution in [0, 0.1) is 0 Å². The fourth-order valence-corrected chi connectivity index (χ4v) is 1.92. The molecule has 0 aliphatic rings. The van der Waals surface area contributed by atoms with Crippen molar-refractivity contribution in [1.82, 2.24) is 0 Å². The lowest BCUT2D eigenvalue weighted by Crippen LogP contribution is -1.84. The molecule has 0 spiro atoms. The first kappa shape index (κ1) is 17.9. The van der Waals surface area contributed by atoms with Crippen molar-refractivity contribution in [2.45, 2.75) is 64.2 Å². The second-order valence-electron chi connectivity index (χ2n) is 4.82. The summed E-state index contributed by atoms with van der Waals surface area (Å²) in [5.41, 5.74) is 0. The Morgan fingerprint density at radius 1 is 0.789 bits per heavy atom. The first-order valence-electron chi connectivity index (χ1n) is 7.44. The number of carboxylic acids is 1. The van der Waals surface area contributed by atoms with Crippen molar-refractivity contribution >= 4 is 5.97 Å². The highest BCUT2D eigenvalue weighted by atomic mass is 16.4. The lowest BCUT2D eigenvalue weighted by atomic mass is 10.1. The molecule has 0 aromatic carbocycles. The van der Waals surface area contributed by atoms with Gasteiger partial charge in [-0.3, -0.25) is 0 Å². The molecular weight excluding hydrogens is 240 g/mol. The van der Waals surface area contributed by atoms with Crippen molar-refractivity contribution in [3.05, 3.63) is 24.3 Å². The highest BCUT2D eigenvalue weighted by Gasteiger charge is 1.91. The molecule has 0 aromatic heterocycles. The summed E-state index contributed by atoms with van der Waals surface area (Å²) in [6, 6.07) is 0. The number of hydrogen-bond acceptors (Lipinski definition) is 2. The molecule has 0 atom stereocenters. The van der Waals surface area contributed by atoms with Crippen LogP contribution >= 0.6 is 0 Å². The van der Waals surface area contributed by atoms with Crippen LogP contribution in [0.15, 0.2) is 24.3 Å². The van der Waals surface area contributed by atoms with Gasteiger partial charge in [0.05, 0.1) is 0 Å². The van der Waals surface area contributed by atoms with E-state index in [1.165, 1.54) is 44.9 Å². The maximum atomic E-state index is 10.2. The van der Waals surface area contributed by atoms with Gasteiger partial charge in [0.15, 0.2) is 0 Å². The van der Waals surface area contributed by atoms with Crippen LogP contribution in [-0.2, 0) is 4.79 Å². The van der Waals surface area contributed by atoms with E-state index >= 15 is 0 Å². The molecule has 110 valence electrons. The van der Waals surface area contributed by atoms with Gasteiger partial charge in [-0.15, -0.1) is 0 Å². The van der Waals surface area contributed by atoms with Gasteiger partial charge in [-0.1, -0.05) is 63.2 Å². The van der Waals surface area contributed by atoms with Crippen LogP contribution in [0.2, 0.25) is 0 Å². The number of carbonyl (C=O) groups is 1. The molecule has 0 saturated carbocycles. The highest BCUT2D eigenvalue weighted by molar-refractivity contribution is 5.80. The highest BCUT2D eigenvalue weighted by Crippen LogP contribution is 2.10. The monoisotopic (exact) mass is 268 g/mol. The van der Waals surface area contributed by atoms with Gasteiger partial charge in [-0.05, 0) is 19.3 Å². The van der Waals surface area contributed by atoms with Crippen molar-refractivity contribution < 1.29 is 15.0 Å². The summed E-state index contributed by atoms with van der Waals surface area (Å²) in [5, 5.41) is 17.0. The topological polar surface area (TPSA) is 57.5 Å². The Kier molecular flexibility index (Phi) is 14.1. The zero-order valence-electron chi connectivity index (χ0n) is 11.9. The molecule has 0 heterocycles. The average molecular weight is 268 g/mol. The minimum atomic E-state index is -0.899. The Hall–Kier alpha value is -1.09. The summed E-state index contributed by atoms with van der Waals surface area (Å²) in [4.78, 5) is 10.2. The van der Waals surface area contributed by atoms with E-state index in [0.717, 1.165) is 25.3 Å². The second kappa shape index (κ2) is 15.0. The molecule has 0 bridgehead atoms. The number of allylic oxidation sites excluding steroid dienone is 3. The van der Waals surface area contributed by atoms with Gasteiger partial charge in [0.25, 0.3) is 0 Å². The van der Waals surface area contributed by atoms with E-state index < -0.39 is 5.97 Å². The van der Waals surface area contributed by atoms with Crippen molar-refractivity contribution in [2.75, 3.05) is 6.61 Å². The van der Waals surface area contributed by atoms with Crippen molar-refractivity contribution in [1.29, 1.82) is 0 Å². The first-order chi connectivity index (χ1) is 9.27. The van der Waals surface area contributed by atoms with Gasteiger partial charge in [0.2, 0.25) is 0 Å². The smallest absolute Gasteiger partial charge is 0.328 e. The van der Waals surface area contributed by atoms with Crippen molar-refractivity contribution in [3.8, 4) is 0 Å². The summed E-state index contributed by atoms with van der Waals surface area (Å²) in [5.74, 6) is -0.899. The molecule has 0 amide bonds. The Bertz CT molecular complexity index is 257. The lowest BCUT2D eigenvalue weighted by molar-refractivity contribution is -0.131. The van der Waals surface area contributed by atoms with Gasteiger partial charge in [-0.25, -0.2) is 4.79 Å². The van der Waals surface area contributed by atoms with E-state index in [9.17, 15) is 4.79 Å². The minimum absolute atomic E-state index is 0.329. The van der Waals surface area contributed by atoms with Crippen LogP contribution in [0.1, 0.15) is 64.2 Å². The third-order valence-electron chi connectivity index (χ3n) is 3.01. The largest absolute Gasteiger partial charge is 0.478 e. The number of unbranched alkanes of at least 4 members (excludes halogenated alkanes) is 9. The molecule has 0 aliphatic heterocycles. The predicted octanol–water partition coefficient (Wildman–Crippen LogP) is 4.08. The van der Waals surface area contributed by atoms with Gasteiger partial charge in [-0.2, -0.15) is 0 Å². The third-order valence-corrected chi connectivity index (χ3v) is 3.01. The van der Waals surface area contributed by atoms with Crippen LogP contribution < -0.4 is 0 Å². The van der Waals surface area contributed by atoms with E-state index in [0.29, 0.717) is 6.61 Å². The molecule has 0 saturated heterocycles. The molecule has 0 rings (SSSR count). The fourth-order valence-electron chi connectivity index (χ4n) is 1.92. The standard InChI is InChI=1S/C16H28O3/c17-15-13-11-9-7-5-3-1-2-4-6-8-10-12-14-16(18)19/h8,10,12,14,17H,1-7,9,11,13,15H2,(H,18,19). The summed E-state index contributed by atoms with van der Waals surface area (Å²) >= 11 is 0. The maximum Gasteiger partial charge on any atom is 0.328 e. The lowest BCUT2D eigenvalue weighted by Gasteiger charge is -2.00. The minimum Gasteiger partial charge on any atom is -0.478 e. The van der Waals surface area contributed by atoms with E-state index in [2.05, 4.69) is 0 Å². The predicted molar refractivity (Wildman–Crippen MR) is 79.2 cm³/mol. The molecule has 0 aromatic rings. The molecule has 2 N–H and O–H groups in total. The Morgan fingerprint density at radius 3 is 1.84 bits per heavy atom. The van der Waals surface area contributed by atoms with Gasteiger partial charge in [0, 0.05) is 12.7 Å². The number of carboxylic acid groups (broad SMARTS) is 1. The summed E-state index contributed by atoms with van der Waals surface area (Å²) in [7, 11) is 0. The molecular formula is C16H28O3. The van der Waals surface area contributed by atoms with Crippen molar-refractivity contribution in [3.63, 3.8) is 0 Å². The van der Waals surface area contributed by atoms with Crippen LogP contribution in [0.3, 0.4) is 0 Å². The molecule has 19 heavy (non-hydrogen) atoms. The molecule has 3 nitrogen and oxygen atoms in total. The van der Waals surface area contributed by atoms with Crippen LogP contribution in [-0.4, -0.2) is 22.8 Å². The molecule has 3 heteroatoms. The second-order valence-corrected chi connectivity index (χ2v) is 4.82. The SMILES string of the molecule is O=C(O)C=CC=CCCCCCCCCCCCO. The van der Waals surface area contributed by atoms with Crippen molar-refractivity contribution in [2.24, 2.45) is 0 Å². The fraction of sp³-hybridized carbons (Fsp3) is 0.688. The van der Waals surface area contributed by atoms with Gasteiger partial charge in [0.1, 0.15) is 0 Å². The number of rotatable bonds is 13.